The first kappa shape index (κ1) is 14.3. The first-order chi connectivity index (χ1) is 7.54. The maximum atomic E-state index is 6.09. The van der Waals surface area contributed by atoms with Crippen LogP contribution in [0.2, 0.25) is 8.67 Å². The average Bonchev–Trinajstić information content (AvgIpc) is 2.55. The van der Waals surface area contributed by atoms with Gasteiger partial charge in [-0.2, -0.15) is 0 Å². The number of nitrogens with one attached hydrogen (secondary N) is 1. The fraction of sp³-hybridized carbons (Fsp3) is 0.636. The molecule has 0 spiro atoms. The van der Waals surface area contributed by atoms with Crippen molar-refractivity contribution in [1.29, 1.82) is 0 Å². The highest BCUT2D eigenvalue weighted by molar-refractivity contribution is 7.20. The third kappa shape index (κ3) is 4.22. The summed E-state index contributed by atoms with van der Waals surface area (Å²) in [6.45, 7) is 5.89. The number of ether oxygens (including phenoxy) is 1. The lowest BCUT2D eigenvalue weighted by molar-refractivity contribution is 0.157. The van der Waals surface area contributed by atoms with E-state index in [0.717, 1.165) is 27.4 Å². The van der Waals surface area contributed by atoms with Gasteiger partial charge in [-0.1, -0.05) is 30.1 Å². The Kier molecular flexibility index (Phi) is 6.08. The minimum absolute atomic E-state index is 0.218. The van der Waals surface area contributed by atoms with Gasteiger partial charge in [0.1, 0.15) is 0 Å². The van der Waals surface area contributed by atoms with Gasteiger partial charge < -0.3 is 10.1 Å². The summed E-state index contributed by atoms with van der Waals surface area (Å²) in [5.74, 6) is 0.486. The molecule has 0 saturated heterocycles. The zero-order chi connectivity index (χ0) is 12.1. The smallest absolute Gasteiger partial charge is 0.0991 e. The Bertz CT molecular complexity index is 330. The molecule has 92 valence electrons. The molecule has 1 aromatic heterocycles. The van der Waals surface area contributed by atoms with Crippen LogP contribution < -0.4 is 5.32 Å². The molecule has 0 aliphatic rings. The predicted molar refractivity (Wildman–Crippen MR) is 71.8 cm³/mol. The predicted octanol–water partition coefficient (Wildman–Crippen LogP) is 3.99. The van der Waals surface area contributed by atoms with Crippen molar-refractivity contribution >= 4 is 34.5 Å². The van der Waals surface area contributed by atoms with Crippen LogP contribution in [0.4, 0.5) is 0 Å². The molecule has 0 radical (unpaired) electrons. The van der Waals surface area contributed by atoms with E-state index in [0.29, 0.717) is 5.92 Å². The SMILES string of the molecule is COCC(C)CNC(C)c1cc(Cl)sc1Cl. The monoisotopic (exact) mass is 281 g/mol. The maximum absolute atomic E-state index is 6.09. The fourth-order valence-electron chi connectivity index (χ4n) is 1.48. The second-order valence-corrected chi connectivity index (χ2v) is 6.26. The molecule has 0 aliphatic heterocycles. The van der Waals surface area contributed by atoms with Gasteiger partial charge in [-0.3, -0.25) is 0 Å². The van der Waals surface area contributed by atoms with E-state index in [1.165, 1.54) is 11.3 Å². The molecule has 0 amide bonds. The third-order valence-corrected chi connectivity index (χ3v) is 3.89. The van der Waals surface area contributed by atoms with E-state index in [1.54, 1.807) is 7.11 Å². The summed E-state index contributed by atoms with van der Waals surface area (Å²) in [4.78, 5) is 0. The quantitative estimate of drug-likeness (QED) is 0.852. The highest BCUT2D eigenvalue weighted by Gasteiger charge is 2.13. The van der Waals surface area contributed by atoms with Gasteiger partial charge in [0.25, 0.3) is 0 Å². The van der Waals surface area contributed by atoms with Crippen molar-refractivity contribution in [3.8, 4) is 0 Å². The third-order valence-electron chi connectivity index (χ3n) is 2.37. The van der Waals surface area contributed by atoms with Crippen molar-refractivity contribution in [2.75, 3.05) is 20.3 Å². The van der Waals surface area contributed by atoms with Crippen LogP contribution in [0.3, 0.4) is 0 Å². The van der Waals surface area contributed by atoms with E-state index in [1.807, 2.05) is 6.07 Å². The van der Waals surface area contributed by atoms with Gasteiger partial charge in [-0.25, -0.2) is 0 Å². The van der Waals surface area contributed by atoms with Gasteiger partial charge in [0, 0.05) is 26.3 Å². The van der Waals surface area contributed by atoms with Crippen LogP contribution in [0, 0.1) is 5.92 Å². The first-order valence-electron chi connectivity index (χ1n) is 5.21. The van der Waals surface area contributed by atoms with Crippen LogP contribution in [-0.4, -0.2) is 20.3 Å². The molecule has 2 atom stereocenters. The first-order valence-corrected chi connectivity index (χ1v) is 6.79. The molecule has 16 heavy (non-hydrogen) atoms. The van der Waals surface area contributed by atoms with Crippen molar-refractivity contribution in [2.24, 2.45) is 5.92 Å². The van der Waals surface area contributed by atoms with Crippen LogP contribution in [0.1, 0.15) is 25.5 Å². The molecular weight excluding hydrogens is 265 g/mol. The van der Waals surface area contributed by atoms with E-state index >= 15 is 0 Å². The van der Waals surface area contributed by atoms with Crippen LogP contribution in [0.25, 0.3) is 0 Å². The summed E-state index contributed by atoms with van der Waals surface area (Å²) in [6.07, 6.45) is 0. The minimum Gasteiger partial charge on any atom is -0.384 e. The average molecular weight is 282 g/mol. The van der Waals surface area contributed by atoms with Crippen molar-refractivity contribution in [2.45, 2.75) is 19.9 Å². The van der Waals surface area contributed by atoms with E-state index < -0.39 is 0 Å². The zero-order valence-corrected chi connectivity index (χ0v) is 12.0. The molecule has 0 aliphatic carbocycles. The highest BCUT2D eigenvalue weighted by Crippen LogP contribution is 2.34. The summed E-state index contributed by atoms with van der Waals surface area (Å²) in [5.41, 5.74) is 1.07. The second-order valence-electron chi connectivity index (χ2n) is 3.97. The largest absolute Gasteiger partial charge is 0.384 e. The summed E-state index contributed by atoms with van der Waals surface area (Å²) >= 11 is 13.4. The van der Waals surface area contributed by atoms with Gasteiger partial charge in [-0.15, -0.1) is 11.3 Å². The van der Waals surface area contributed by atoms with Crippen LogP contribution in [0.15, 0.2) is 6.07 Å². The Morgan fingerprint density at radius 3 is 2.62 bits per heavy atom. The molecule has 1 N–H and O–H groups in total. The lowest BCUT2D eigenvalue weighted by Crippen LogP contribution is -2.26. The van der Waals surface area contributed by atoms with Crippen molar-refractivity contribution in [3.05, 3.63) is 20.3 Å². The molecule has 2 nitrogen and oxygen atoms in total. The van der Waals surface area contributed by atoms with Crippen molar-refractivity contribution in [3.63, 3.8) is 0 Å². The maximum Gasteiger partial charge on any atom is 0.0991 e. The van der Waals surface area contributed by atoms with Crippen LogP contribution >= 0.6 is 34.5 Å². The lowest BCUT2D eigenvalue weighted by Gasteiger charge is -2.16. The molecule has 1 heterocycles. The minimum atomic E-state index is 0.218. The van der Waals surface area contributed by atoms with E-state index in [4.69, 9.17) is 27.9 Å². The molecular formula is C11H17Cl2NOS. The summed E-state index contributed by atoms with van der Waals surface area (Å²) < 4.78 is 6.59. The molecule has 1 rings (SSSR count). The van der Waals surface area contributed by atoms with Crippen molar-refractivity contribution in [1.82, 2.24) is 5.32 Å². The van der Waals surface area contributed by atoms with E-state index in [9.17, 15) is 0 Å². The van der Waals surface area contributed by atoms with Gasteiger partial charge in [0.05, 0.1) is 8.67 Å². The standard InChI is InChI=1S/C11H17Cl2NOS/c1-7(6-15-3)5-14-8(2)9-4-10(12)16-11(9)13/h4,7-8,14H,5-6H2,1-3H3. The van der Waals surface area contributed by atoms with E-state index in [2.05, 4.69) is 19.2 Å². The van der Waals surface area contributed by atoms with Crippen LogP contribution in [0.5, 0.6) is 0 Å². The van der Waals surface area contributed by atoms with Gasteiger partial charge in [-0.05, 0) is 24.5 Å². The molecule has 0 saturated carbocycles. The molecule has 2 unspecified atom stereocenters. The number of halogens is 2. The summed E-state index contributed by atoms with van der Waals surface area (Å²) in [5, 5.41) is 3.42. The Labute approximate surface area is 111 Å². The van der Waals surface area contributed by atoms with Gasteiger partial charge in [0.2, 0.25) is 0 Å². The Morgan fingerprint density at radius 2 is 2.12 bits per heavy atom. The van der Waals surface area contributed by atoms with Gasteiger partial charge in [0.15, 0.2) is 0 Å². The molecule has 1 aromatic rings. The Hall–Kier alpha value is 0.200. The normalized spacial score (nSPS) is 15.1. The number of hydrogen-bond acceptors (Lipinski definition) is 3. The fourth-order valence-corrected chi connectivity index (χ4v) is 3.13. The highest BCUT2D eigenvalue weighted by atomic mass is 35.5. The summed E-state index contributed by atoms with van der Waals surface area (Å²) in [7, 11) is 1.72. The molecule has 5 heteroatoms. The summed E-state index contributed by atoms with van der Waals surface area (Å²) in [6, 6.07) is 2.14. The number of hydrogen-bond donors (Lipinski definition) is 1. The van der Waals surface area contributed by atoms with E-state index in [-0.39, 0.29) is 6.04 Å². The second kappa shape index (κ2) is 6.82. The zero-order valence-electron chi connectivity index (χ0n) is 9.72. The van der Waals surface area contributed by atoms with Gasteiger partial charge >= 0.3 is 0 Å². The topological polar surface area (TPSA) is 21.3 Å². The number of thiophene rings is 1. The molecule has 0 aromatic carbocycles. The Balaban J connectivity index is 2.46. The number of methoxy groups -OCH3 is 1. The molecule has 0 bridgehead atoms. The van der Waals surface area contributed by atoms with Crippen LogP contribution in [-0.2, 0) is 4.74 Å². The van der Waals surface area contributed by atoms with Crippen molar-refractivity contribution < 1.29 is 4.74 Å². The lowest BCUT2D eigenvalue weighted by atomic mass is 10.1. The Morgan fingerprint density at radius 1 is 1.44 bits per heavy atom. The molecule has 0 fully saturated rings. The number of rotatable bonds is 6.